The Morgan fingerprint density at radius 2 is 1.10 bits per heavy atom. The van der Waals surface area contributed by atoms with Crippen LogP contribution < -0.4 is 22.8 Å². The molecule has 15 nitrogen and oxygen atoms in total. The molecule has 0 atom stereocenters. The number of aliphatic hydroxyl groups excluding tert-OH is 1. The number of esters is 1. The molecule has 0 aliphatic carbocycles. The number of hydrogen-bond acceptors (Lipinski definition) is 11. The highest BCUT2D eigenvalue weighted by Crippen LogP contribution is 2.19. The summed E-state index contributed by atoms with van der Waals surface area (Å²) in [4.78, 5) is 46.3. The van der Waals surface area contributed by atoms with Crippen LogP contribution in [0.2, 0.25) is 0 Å². The topological polar surface area (TPSA) is 203 Å². The summed E-state index contributed by atoms with van der Waals surface area (Å²) < 4.78 is 10.3. The molecule has 5 N–H and O–H groups in total. The van der Waals surface area contributed by atoms with Gasteiger partial charge in [0.25, 0.3) is 0 Å². The Hall–Kier alpha value is -6.87. The van der Waals surface area contributed by atoms with E-state index in [1.165, 1.54) is 25.3 Å². The molecular weight excluding hydrogens is 640 g/mol. The molecule has 0 spiro atoms. The Morgan fingerprint density at radius 3 is 1.62 bits per heavy atom. The van der Waals surface area contributed by atoms with Crippen molar-refractivity contribution < 1.29 is 14.6 Å². The van der Waals surface area contributed by atoms with Crippen molar-refractivity contribution >= 4 is 51.0 Å². The number of carbonyl (C=O) groups is 1. The van der Waals surface area contributed by atoms with Crippen molar-refractivity contribution in [2.24, 2.45) is 0 Å². The van der Waals surface area contributed by atoms with E-state index < -0.39 is 5.97 Å². The number of carbonyl (C=O) groups excluding carboxylic acids is 1. The zero-order valence-corrected chi connectivity index (χ0v) is 26.7. The molecule has 8 rings (SSSR count). The summed E-state index contributed by atoms with van der Waals surface area (Å²) in [5.74, 6) is -0.0927. The second-order valence-corrected chi connectivity index (χ2v) is 11.2. The molecule has 0 fully saturated rings. The highest BCUT2D eigenvalue weighted by atomic mass is 16.5. The lowest BCUT2D eigenvalue weighted by molar-refractivity contribution is 0.0599. The van der Waals surface area contributed by atoms with E-state index in [0.29, 0.717) is 38.8 Å². The van der Waals surface area contributed by atoms with Gasteiger partial charge >= 0.3 is 17.3 Å². The number of aromatic nitrogens is 8. The molecule has 0 radical (unpaired) electrons. The Balaban J connectivity index is 0.000000157. The van der Waals surface area contributed by atoms with E-state index in [1.807, 2.05) is 54.6 Å². The molecule has 50 heavy (non-hydrogen) atoms. The molecule has 0 bridgehead atoms. The lowest BCUT2D eigenvalue weighted by Crippen LogP contribution is -2.23. The van der Waals surface area contributed by atoms with Gasteiger partial charge in [-0.3, -0.25) is 0 Å². The summed E-state index contributed by atoms with van der Waals surface area (Å²) in [6.45, 7) is 0.273. The van der Waals surface area contributed by atoms with Crippen LogP contribution in [0.5, 0.6) is 0 Å². The van der Waals surface area contributed by atoms with E-state index in [2.05, 4.69) is 20.2 Å². The summed E-state index contributed by atoms with van der Waals surface area (Å²) >= 11 is 0. The molecule has 0 unspecified atom stereocenters. The minimum absolute atomic E-state index is 0.0923. The van der Waals surface area contributed by atoms with Crippen molar-refractivity contribution in [1.29, 1.82) is 0 Å². The number of fused-ring (bicyclic) bond motifs is 6. The number of nitrogen functional groups attached to an aromatic ring is 2. The zero-order chi connectivity index (χ0) is 34.9. The van der Waals surface area contributed by atoms with Crippen LogP contribution in [0.1, 0.15) is 27.0 Å². The maximum atomic E-state index is 12.9. The maximum Gasteiger partial charge on any atom is 0.351 e. The molecule has 4 heterocycles. The minimum Gasteiger partial charge on any atom is -0.465 e. The number of methoxy groups -OCH3 is 1. The molecule has 0 saturated heterocycles. The van der Waals surface area contributed by atoms with Gasteiger partial charge in [-0.15, -0.1) is 10.2 Å². The monoisotopic (exact) mass is 670 g/mol. The molecule has 15 heteroatoms. The molecule has 0 saturated carbocycles. The number of rotatable bonds is 6. The van der Waals surface area contributed by atoms with E-state index in [-0.39, 0.29) is 48.4 Å². The van der Waals surface area contributed by atoms with Crippen LogP contribution in [0.3, 0.4) is 0 Å². The fourth-order valence-corrected chi connectivity index (χ4v) is 5.80. The molecule has 4 aromatic carbocycles. The Morgan fingerprint density at radius 1 is 0.660 bits per heavy atom. The van der Waals surface area contributed by atoms with E-state index in [9.17, 15) is 19.5 Å². The second-order valence-electron chi connectivity index (χ2n) is 11.2. The van der Waals surface area contributed by atoms with E-state index in [1.54, 1.807) is 42.5 Å². The van der Waals surface area contributed by atoms with Gasteiger partial charge in [0, 0.05) is 0 Å². The number of nitrogens with zero attached hydrogens (tertiary/aromatic N) is 8. The number of aliphatic hydroxyl groups is 1. The fraction of sp³-hybridized carbons (Fsp3) is 0.114. The molecule has 0 aliphatic heterocycles. The third kappa shape index (κ3) is 5.56. The van der Waals surface area contributed by atoms with Gasteiger partial charge in [-0.05, 0) is 47.0 Å². The molecule has 0 aliphatic rings. The lowest BCUT2D eigenvalue weighted by Gasteiger charge is -2.06. The van der Waals surface area contributed by atoms with Crippen molar-refractivity contribution in [2.75, 3.05) is 18.6 Å². The summed E-state index contributed by atoms with van der Waals surface area (Å²) in [6.07, 6.45) is 0. The molecule has 0 amide bonds. The zero-order valence-electron chi connectivity index (χ0n) is 26.7. The SMILES string of the molecule is COC(=O)c1ccccc1Cn1nc2c(N)nc3ccccc3n2c1=O.Nc1nc2ccccc2n2c(=O)n(Cc3ccccc3CO)nc12. The Labute approximate surface area is 282 Å². The van der Waals surface area contributed by atoms with E-state index in [0.717, 1.165) is 11.1 Å². The average molecular weight is 671 g/mol. The van der Waals surface area contributed by atoms with E-state index in [4.69, 9.17) is 16.2 Å². The fourth-order valence-electron chi connectivity index (χ4n) is 5.80. The first kappa shape index (κ1) is 31.7. The number of para-hydroxylation sites is 4. The van der Waals surface area contributed by atoms with Gasteiger partial charge in [-0.2, -0.15) is 0 Å². The maximum absolute atomic E-state index is 12.9. The normalized spacial score (nSPS) is 11.2. The van der Waals surface area contributed by atoms with Gasteiger partial charge in [0.05, 0.1) is 54.4 Å². The second kappa shape index (κ2) is 13.0. The number of ether oxygens (including phenoxy) is 1. The van der Waals surface area contributed by atoms with Crippen LogP contribution >= 0.6 is 0 Å². The van der Waals surface area contributed by atoms with Crippen molar-refractivity contribution in [1.82, 2.24) is 38.3 Å². The standard InChI is InChI=1S/C18H15N5O3.C17H15N5O2/c1-26-17(24)12-7-3-2-6-11(12)10-22-18(25)23-14-9-5-4-8-13(14)20-15(19)16(23)21-22;18-15-16-20-21(9-11-5-1-2-6-12(11)10-23)17(24)22(16)14-8-4-3-7-13(14)19-15/h2-9H,10H2,1H3,(H2,19,20);1-8,23H,9-10H2,(H2,18,19). The third-order valence-corrected chi connectivity index (χ3v) is 8.22. The van der Waals surface area contributed by atoms with Crippen LogP contribution in [0, 0.1) is 0 Å². The van der Waals surface area contributed by atoms with Crippen LogP contribution in [-0.2, 0) is 24.4 Å². The van der Waals surface area contributed by atoms with Crippen LogP contribution in [0.25, 0.3) is 33.4 Å². The highest BCUT2D eigenvalue weighted by Gasteiger charge is 2.18. The predicted octanol–water partition coefficient (Wildman–Crippen LogP) is 2.63. The first-order valence-corrected chi connectivity index (χ1v) is 15.4. The quantitative estimate of drug-likeness (QED) is 0.220. The predicted molar refractivity (Wildman–Crippen MR) is 187 cm³/mol. The average Bonchev–Trinajstić information content (AvgIpc) is 3.65. The first-order valence-electron chi connectivity index (χ1n) is 15.4. The number of hydrogen-bond donors (Lipinski definition) is 3. The lowest BCUT2D eigenvalue weighted by atomic mass is 10.1. The summed E-state index contributed by atoms with van der Waals surface area (Å²) in [7, 11) is 1.31. The van der Waals surface area contributed by atoms with Crippen LogP contribution in [-0.4, -0.2) is 56.5 Å². The highest BCUT2D eigenvalue weighted by molar-refractivity contribution is 5.91. The van der Waals surface area contributed by atoms with E-state index >= 15 is 0 Å². The van der Waals surface area contributed by atoms with Gasteiger partial charge in [0.15, 0.2) is 11.6 Å². The number of nitrogens with two attached hydrogens (primary N) is 2. The third-order valence-electron chi connectivity index (χ3n) is 8.22. The summed E-state index contributed by atoms with van der Waals surface area (Å²) in [5.41, 5.74) is 17.0. The van der Waals surface area contributed by atoms with Gasteiger partial charge in [0.1, 0.15) is 0 Å². The van der Waals surface area contributed by atoms with Crippen LogP contribution in [0.4, 0.5) is 11.6 Å². The van der Waals surface area contributed by atoms with Crippen molar-refractivity contribution in [3.05, 3.63) is 140 Å². The van der Waals surface area contributed by atoms with Gasteiger partial charge in [0.2, 0.25) is 11.3 Å². The molecule has 250 valence electrons. The minimum atomic E-state index is -0.468. The van der Waals surface area contributed by atoms with Gasteiger partial charge in [-0.1, -0.05) is 66.7 Å². The Kier molecular flexibility index (Phi) is 8.23. The summed E-state index contributed by atoms with van der Waals surface area (Å²) in [6, 6.07) is 28.8. The van der Waals surface area contributed by atoms with Crippen molar-refractivity contribution in [2.45, 2.75) is 19.7 Å². The van der Waals surface area contributed by atoms with Crippen molar-refractivity contribution in [3.63, 3.8) is 0 Å². The first-order chi connectivity index (χ1) is 24.3. The largest absolute Gasteiger partial charge is 0.465 e. The van der Waals surface area contributed by atoms with Crippen molar-refractivity contribution in [3.8, 4) is 0 Å². The smallest absolute Gasteiger partial charge is 0.351 e. The number of anilines is 2. The Bertz CT molecular complexity index is 2690. The molecule has 4 aromatic heterocycles. The van der Waals surface area contributed by atoms with Crippen LogP contribution in [0.15, 0.2) is 107 Å². The summed E-state index contributed by atoms with van der Waals surface area (Å²) in [5, 5.41) is 18.1. The molecule has 8 aromatic rings. The van der Waals surface area contributed by atoms with Gasteiger partial charge < -0.3 is 21.3 Å². The number of benzene rings is 4. The molecular formula is C35H30N10O5. The van der Waals surface area contributed by atoms with Gasteiger partial charge in [-0.25, -0.2) is 42.5 Å².